The molecule has 0 spiro atoms. The Labute approximate surface area is 169 Å². The number of sulfonamides is 1. The third-order valence-electron chi connectivity index (χ3n) is 3.44. The second kappa shape index (κ2) is 9.94. The molecule has 8 heteroatoms. The Morgan fingerprint density at radius 2 is 1.72 bits per heavy atom. The minimum atomic E-state index is -3.54. The Morgan fingerprint density at radius 3 is 2.28 bits per heavy atom. The summed E-state index contributed by atoms with van der Waals surface area (Å²) in [5, 5.41) is 10.3. The van der Waals surface area contributed by atoms with Crippen molar-refractivity contribution in [2.24, 2.45) is 0 Å². The summed E-state index contributed by atoms with van der Waals surface area (Å²) in [6.07, 6.45) is 0. The summed E-state index contributed by atoms with van der Waals surface area (Å²) in [4.78, 5) is 10.6. The van der Waals surface area contributed by atoms with E-state index in [1.165, 1.54) is 12.1 Å². The monoisotopic (exact) mass is 371 g/mol. The van der Waals surface area contributed by atoms with Crippen LogP contribution in [-0.2, 0) is 14.8 Å². The minimum absolute atomic E-state index is 0. The molecule has 0 radical (unpaired) electrons. The number of hydrogen-bond acceptors (Lipinski definition) is 5. The second-order valence-corrected chi connectivity index (χ2v) is 7.06. The molecule has 0 aromatic heterocycles. The van der Waals surface area contributed by atoms with E-state index in [0.29, 0.717) is 5.75 Å². The number of nitrogens with one attached hydrogen (secondary N) is 1. The van der Waals surface area contributed by atoms with Crippen molar-refractivity contribution in [2.45, 2.75) is 17.7 Å². The summed E-state index contributed by atoms with van der Waals surface area (Å²) in [6.45, 7) is 1.63. The Balaban J connectivity index is 0.00000312. The maximum absolute atomic E-state index is 12.2. The van der Waals surface area contributed by atoms with Gasteiger partial charge >= 0.3 is 29.6 Å². The van der Waals surface area contributed by atoms with Crippen LogP contribution in [0.25, 0.3) is 0 Å². The van der Waals surface area contributed by atoms with Crippen LogP contribution in [0.15, 0.2) is 59.5 Å². The van der Waals surface area contributed by atoms with Gasteiger partial charge in [0.15, 0.2) is 0 Å². The van der Waals surface area contributed by atoms with E-state index in [9.17, 15) is 18.3 Å². The molecule has 0 aliphatic carbocycles. The largest absolute Gasteiger partial charge is 1.00 e. The van der Waals surface area contributed by atoms with Crippen molar-refractivity contribution in [1.29, 1.82) is 0 Å². The number of hydrogen-bond donors (Lipinski definition) is 1. The fourth-order valence-corrected chi connectivity index (χ4v) is 3.22. The smallest absolute Gasteiger partial charge is 0.546 e. The average Bonchev–Trinajstić information content (AvgIpc) is 2.59. The molecule has 2 rings (SSSR count). The second-order valence-electron chi connectivity index (χ2n) is 5.30. The Hall–Kier alpha value is -1.38. The van der Waals surface area contributed by atoms with Crippen LogP contribution >= 0.6 is 0 Å². The van der Waals surface area contributed by atoms with Crippen molar-refractivity contribution in [1.82, 2.24) is 4.72 Å². The number of carbonyl (C=O) groups is 1. The first-order chi connectivity index (χ1) is 11.4. The third-order valence-corrected chi connectivity index (χ3v) is 4.88. The van der Waals surface area contributed by atoms with Gasteiger partial charge in [0, 0.05) is 6.54 Å². The zero-order chi connectivity index (χ0) is 17.6. The zero-order valence-electron chi connectivity index (χ0n) is 14.1. The Kier molecular flexibility index (Phi) is 8.61. The number of carboxylic acid groups (broad SMARTS) is 1. The predicted octanol–water partition coefficient (Wildman–Crippen LogP) is -2.10. The number of ether oxygens (including phenoxy) is 1. The first-order valence-electron chi connectivity index (χ1n) is 7.36. The van der Waals surface area contributed by atoms with Crippen LogP contribution in [0.3, 0.4) is 0 Å². The normalized spacial score (nSPS) is 12.0. The third kappa shape index (κ3) is 6.80. The predicted molar refractivity (Wildman–Crippen MR) is 87.0 cm³/mol. The van der Waals surface area contributed by atoms with Gasteiger partial charge in [0.2, 0.25) is 10.0 Å². The number of aliphatic carboxylic acids is 1. The van der Waals surface area contributed by atoms with Crippen molar-refractivity contribution < 1.29 is 52.6 Å². The van der Waals surface area contributed by atoms with Gasteiger partial charge in [-0.2, -0.15) is 0 Å². The van der Waals surface area contributed by atoms with Gasteiger partial charge in [-0.25, -0.2) is 13.1 Å². The van der Waals surface area contributed by atoms with E-state index in [-0.39, 0.29) is 46.9 Å². The molecule has 25 heavy (non-hydrogen) atoms. The summed E-state index contributed by atoms with van der Waals surface area (Å²) < 4.78 is 31.9. The van der Waals surface area contributed by atoms with Gasteiger partial charge in [-0.3, -0.25) is 0 Å². The molecule has 0 fully saturated rings. The summed E-state index contributed by atoms with van der Waals surface area (Å²) >= 11 is 0. The summed E-state index contributed by atoms with van der Waals surface area (Å²) in [5.41, 5.74) is 0.909. The first-order valence-corrected chi connectivity index (χ1v) is 8.84. The molecular weight excluding hydrogens is 353 g/mol. The Bertz CT molecular complexity index is 778. The Morgan fingerprint density at radius 1 is 1.12 bits per heavy atom. The van der Waals surface area contributed by atoms with Crippen LogP contribution < -0.4 is 44.1 Å². The molecule has 0 aliphatic rings. The van der Waals surface area contributed by atoms with Crippen LogP contribution in [0, 0.1) is 0 Å². The van der Waals surface area contributed by atoms with E-state index >= 15 is 0 Å². The van der Waals surface area contributed by atoms with Gasteiger partial charge in [0.1, 0.15) is 12.4 Å². The molecule has 0 amide bonds. The van der Waals surface area contributed by atoms with Crippen molar-refractivity contribution in [3.8, 4) is 5.75 Å². The molecular formula is C17H18NNaO5S. The fourth-order valence-electron chi connectivity index (χ4n) is 2.07. The summed E-state index contributed by atoms with van der Waals surface area (Å²) in [5.74, 6) is -0.929. The van der Waals surface area contributed by atoms with Gasteiger partial charge in [-0.15, -0.1) is 0 Å². The van der Waals surface area contributed by atoms with Gasteiger partial charge in [-0.05, 0) is 35.7 Å². The SMILES string of the molecule is CC(CNS(=O)(=O)c1ccccc1)c1ccc(OCC(=O)[O-])cc1.[Na+]. The quantitative estimate of drug-likeness (QED) is 0.537. The average molecular weight is 371 g/mol. The number of benzene rings is 2. The molecule has 2 aromatic rings. The molecule has 6 nitrogen and oxygen atoms in total. The van der Waals surface area contributed by atoms with E-state index in [4.69, 9.17) is 4.74 Å². The molecule has 2 aromatic carbocycles. The molecule has 1 atom stereocenters. The van der Waals surface area contributed by atoms with Crippen LogP contribution in [0.5, 0.6) is 5.75 Å². The number of rotatable bonds is 8. The maximum Gasteiger partial charge on any atom is 1.00 e. The van der Waals surface area contributed by atoms with Crippen LogP contribution in [0.2, 0.25) is 0 Å². The van der Waals surface area contributed by atoms with Gasteiger partial charge in [0.05, 0.1) is 10.9 Å². The van der Waals surface area contributed by atoms with E-state index in [2.05, 4.69) is 4.72 Å². The molecule has 1 unspecified atom stereocenters. The molecule has 0 aliphatic heterocycles. The van der Waals surface area contributed by atoms with E-state index in [1.54, 1.807) is 42.5 Å². The van der Waals surface area contributed by atoms with Gasteiger partial charge < -0.3 is 14.6 Å². The van der Waals surface area contributed by atoms with Crippen molar-refractivity contribution in [3.05, 3.63) is 60.2 Å². The molecule has 128 valence electrons. The van der Waals surface area contributed by atoms with Crippen molar-refractivity contribution in [3.63, 3.8) is 0 Å². The van der Waals surface area contributed by atoms with Crippen molar-refractivity contribution >= 4 is 16.0 Å². The first kappa shape index (κ1) is 21.7. The topological polar surface area (TPSA) is 95.5 Å². The summed E-state index contributed by atoms with van der Waals surface area (Å²) in [6, 6.07) is 15.0. The molecule has 0 saturated heterocycles. The van der Waals surface area contributed by atoms with E-state index < -0.39 is 22.6 Å². The molecule has 0 saturated carbocycles. The minimum Gasteiger partial charge on any atom is -0.546 e. The zero-order valence-corrected chi connectivity index (χ0v) is 17.0. The summed E-state index contributed by atoms with van der Waals surface area (Å²) in [7, 11) is -3.54. The van der Waals surface area contributed by atoms with Crippen LogP contribution in [0.4, 0.5) is 0 Å². The van der Waals surface area contributed by atoms with E-state index in [0.717, 1.165) is 5.56 Å². The molecule has 0 bridgehead atoms. The van der Waals surface area contributed by atoms with Gasteiger partial charge in [0.25, 0.3) is 0 Å². The van der Waals surface area contributed by atoms with Crippen LogP contribution in [-0.4, -0.2) is 27.5 Å². The molecule has 0 heterocycles. The van der Waals surface area contributed by atoms with Crippen LogP contribution in [0.1, 0.15) is 18.4 Å². The molecule has 1 N–H and O–H groups in total. The number of carboxylic acids is 1. The maximum atomic E-state index is 12.2. The van der Waals surface area contributed by atoms with Crippen molar-refractivity contribution in [2.75, 3.05) is 13.2 Å². The number of carbonyl (C=O) groups excluding carboxylic acids is 1. The van der Waals surface area contributed by atoms with E-state index in [1.807, 2.05) is 6.92 Å². The fraction of sp³-hybridized carbons (Fsp3) is 0.235. The van der Waals surface area contributed by atoms with Gasteiger partial charge in [-0.1, -0.05) is 37.3 Å². The standard InChI is InChI=1S/C17H19NO5S.Na/c1-13(11-18-24(21,22)16-5-3-2-4-6-16)14-7-9-15(10-8-14)23-12-17(19)20;/h2-10,13,18H,11-12H2,1H3,(H,19,20);/q;+1/p-1.